The van der Waals surface area contributed by atoms with Crippen LogP contribution < -0.4 is 0 Å². The molecule has 1 fully saturated rings. The molecule has 0 spiro atoms. The van der Waals surface area contributed by atoms with Gasteiger partial charge in [-0.25, -0.2) is 0 Å². The normalized spacial score (nSPS) is 17.7. The standard InChI is InChI=1S/C12H17NO3/c1-13(9-3-4-9)7-12(16)8-2-5-10(14)11(15)6-8/h2,5-6,9,12,14-16H,3-4,7H2,1H3. The van der Waals surface area contributed by atoms with Crippen molar-refractivity contribution >= 4 is 0 Å². The van der Waals surface area contributed by atoms with Gasteiger partial charge in [-0.05, 0) is 37.6 Å². The Morgan fingerprint density at radius 1 is 1.31 bits per heavy atom. The van der Waals surface area contributed by atoms with Gasteiger partial charge < -0.3 is 20.2 Å². The Balaban J connectivity index is 2.01. The average molecular weight is 223 g/mol. The van der Waals surface area contributed by atoms with Crippen LogP contribution in [-0.2, 0) is 0 Å². The SMILES string of the molecule is CN(CC(O)c1ccc(O)c(O)c1)C1CC1. The van der Waals surface area contributed by atoms with Crippen molar-refractivity contribution in [3.8, 4) is 11.5 Å². The molecular formula is C12H17NO3. The van der Waals surface area contributed by atoms with Crippen LogP contribution in [0.2, 0.25) is 0 Å². The Labute approximate surface area is 94.8 Å². The van der Waals surface area contributed by atoms with Gasteiger partial charge in [0.15, 0.2) is 11.5 Å². The maximum Gasteiger partial charge on any atom is 0.157 e. The molecule has 1 saturated carbocycles. The third-order valence-electron chi connectivity index (χ3n) is 3.02. The summed E-state index contributed by atoms with van der Waals surface area (Å²) in [7, 11) is 1.99. The molecule has 2 rings (SSSR count). The highest BCUT2D eigenvalue weighted by molar-refractivity contribution is 5.41. The van der Waals surface area contributed by atoms with Gasteiger partial charge in [-0.3, -0.25) is 0 Å². The minimum Gasteiger partial charge on any atom is -0.504 e. The maximum absolute atomic E-state index is 9.95. The van der Waals surface area contributed by atoms with Gasteiger partial charge >= 0.3 is 0 Å². The molecule has 0 heterocycles. The predicted molar refractivity (Wildman–Crippen MR) is 60.4 cm³/mol. The van der Waals surface area contributed by atoms with Gasteiger partial charge in [0, 0.05) is 12.6 Å². The van der Waals surface area contributed by atoms with Crippen LogP contribution in [0.3, 0.4) is 0 Å². The number of phenols is 2. The molecule has 1 aliphatic rings. The lowest BCUT2D eigenvalue weighted by Crippen LogP contribution is -2.26. The van der Waals surface area contributed by atoms with Crippen molar-refractivity contribution in [1.82, 2.24) is 4.90 Å². The number of likely N-dealkylation sites (N-methyl/N-ethyl adjacent to an activating group) is 1. The second-order valence-electron chi connectivity index (χ2n) is 4.43. The summed E-state index contributed by atoms with van der Waals surface area (Å²) in [5.41, 5.74) is 0.628. The highest BCUT2D eigenvalue weighted by Crippen LogP contribution is 2.30. The monoisotopic (exact) mass is 223 g/mol. The molecule has 4 nitrogen and oxygen atoms in total. The molecule has 1 aromatic carbocycles. The molecule has 3 N–H and O–H groups in total. The molecule has 4 heteroatoms. The number of hydrogen-bond acceptors (Lipinski definition) is 4. The summed E-state index contributed by atoms with van der Waals surface area (Å²) in [5.74, 6) is -0.350. The molecule has 1 aliphatic carbocycles. The van der Waals surface area contributed by atoms with Crippen molar-refractivity contribution < 1.29 is 15.3 Å². The van der Waals surface area contributed by atoms with Gasteiger partial charge in [0.05, 0.1) is 6.10 Å². The van der Waals surface area contributed by atoms with Crippen molar-refractivity contribution in [2.45, 2.75) is 25.0 Å². The molecular weight excluding hydrogens is 206 g/mol. The number of aromatic hydroxyl groups is 2. The van der Waals surface area contributed by atoms with E-state index in [9.17, 15) is 10.2 Å². The smallest absolute Gasteiger partial charge is 0.157 e. The van der Waals surface area contributed by atoms with E-state index in [1.54, 1.807) is 6.07 Å². The minimum atomic E-state index is -0.628. The fraction of sp³-hybridized carbons (Fsp3) is 0.500. The van der Waals surface area contributed by atoms with Gasteiger partial charge in [-0.1, -0.05) is 6.07 Å². The zero-order valence-corrected chi connectivity index (χ0v) is 9.30. The fourth-order valence-corrected chi connectivity index (χ4v) is 1.79. The molecule has 0 bridgehead atoms. The van der Waals surface area contributed by atoms with Crippen LogP contribution >= 0.6 is 0 Å². The summed E-state index contributed by atoms with van der Waals surface area (Å²) in [5, 5.41) is 28.4. The number of rotatable bonds is 4. The lowest BCUT2D eigenvalue weighted by Gasteiger charge is -2.20. The maximum atomic E-state index is 9.95. The second kappa shape index (κ2) is 4.31. The van der Waals surface area contributed by atoms with Crippen LogP contribution in [0.15, 0.2) is 18.2 Å². The molecule has 1 aromatic rings. The lowest BCUT2D eigenvalue weighted by atomic mass is 10.1. The first kappa shape index (κ1) is 11.2. The van der Waals surface area contributed by atoms with Gasteiger partial charge in [0.1, 0.15) is 0 Å². The highest BCUT2D eigenvalue weighted by Gasteiger charge is 2.27. The van der Waals surface area contributed by atoms with Crippen molar-refractivity contribution in [2.24, 2.45) is 0 Å². The van der Waals surface area contributed by atoms with E-state index >= 15 is 0 Å². The van der Waals surface area contributed by atoms with E-state index in [1.807, 2.05) is 7.05 Å². The fourth-order valence-electron chi connectivity index (χ4n) is 1.79. The third-order valence-corrected chi connectivity index (χ3v) is 3.02. The Hall–Kier alpha value is -1.26. The van der Waals surface area contributed by atoms with Crippen LogP contribution in [0.1, 0.15) is 24.5 Å². The van der Waals surface area contributed by atoms with Crippen LogP contribution in [-0.4, -0.2) is 39.9 Å². The van der Waals surface area contributed by atoms with Gasteiger partial charge in [0.2, 0.25) is 0 Å². The van der Waals surface area contributed by atoms with E-state index in [2.05, 4.69) is 4.90 Å². The van der Waals surface area contributed by atoms with E-state index < -0.39 is 6.10 Å². The lowest BCUT2D eigenvalue weighted by molar-refractivity contribution is 0.123. The molecule has 16 heavy (non-hydrogen) atoms. The van der Waals surface area contributed by atoms with Crippen LogP contribution in [0.25, 0.3) is 0 Å². The number of phenolic OH excluding ortho intramolecular Hbond substituents is 2. The van der Waals surface area contributed by atoms with Crippen molar-refractivity contribution in [3.05, 3.63) is 23.8 Å². The first-order valence-corrected chi connectivity index (χ1v) is 5.48. The summed E-state index contributed by atoms with van der Waals surface area (Å²) in [4.78, 5) is 2.12. The zero-order valence-electron chi connectivity index (χ0n) is 9.30. The quantitative estimate of drug-likeness (QED) is 0.672. The van der Waals surface area contributed by atoms with Gasteiger partial charge in [-0.2, -0.15) is 0 Å². The number of benzene rings is 1. The van der Waals surface area contributed by atoms with Crippen molar-refractivity contribution in [3.63, 3.8) is 0 Å². The predicted octanol–water partition coefficient (Wildman–Crippen LogP) is 1.23. The summed E-state index contributed by atoms with van der Waals surface area (Å²) in [6, 6.07) is 5.02. The second-order valence-corrected chi connectivity index (χ2v) is 4.43. The first-order chi connectivity index (χ1) is 7.58. The van der Waals surface area contributed by atoms with Crippen LogP contribution in [0.4, 0.5) is 0 Å². The van der Waals surface area contributed by atoms with Crippen LogP contribution in [0, 0.1) is 0 Å². The summed E-state index contributed by atoms with van der Waals surface area (Å²) < 4.78 is 0. The average Bonchev–Trinajstić information content (AvgIpc) is 3.05. The molecule has 0 radical (unpaired) electrons. The van der Waals surface area contributed by atoms with Gasteiger partial charge in [0.25, 0.3) is 0 Å². The molecule has 0 saturated heterocycles. The zero-order chi connectivity index (χ0) is 11.7. The Morgan fingerprint density at radius 3 is 2.56 bits per heavy atom. The minimum absolute atomic E-state index is 0.161. The van der Waals surface area contributed by atoms with Crippen molar-refractivity contribution in [2.75, 3.05) is 13.6 Å². The molecule has 1 unspecified atom stereocenters. The topological polar surface area (TPSA) is 63.9 Å². The highest BCUT2D eigenvalue weighted by atomic mass is 16.3. The van der Waals surface area contributed by atoms with E-state index in [1.165, 1.54) is 25.0 Å². The summed E-state index contributed by atoms with van der Waals surface area (Å²) in [6.07, 6.45) is 1.77. The Morgan fingerprint density at radius 2 is 2.00 bits per heavy atom. The Kier molecular flexibility index (Phi) is 3.03. The van der Waals surface area contributed by atoms with Crippen LogP contribution in [0.5, 0.6) is 11.5 Å². The summed E-state index contributed by atoms with van der Waals surface area (Å²) in [6.45, 7) is 0.550. The Bertz CT molecular complexity index is 377. The molecule has 88 valence electrons. The number of nitrogens with zero attached hydrogens (tertiary/aromatic N) is 1. The number of aliphatic hydroxyl groups excluding tert-OH is 1. The molecule has 1 atom stereocenters. The first-order valence-electron chi connectivity index (χ1n) is 5.48. The van der Waals surface area contributed by atoms with E-state index in [-0.39, 0.29) is 11.5 Å². The molecule has 0 aliphatic heterocycles. The number of hydrogen-bond donors (Lipinski definition) is 3. The number of aliphatic hydroxyl groups is 1. The molecule has 0 aromatic heterocycles. The van der Waals surface area contributed by atoms with E-state index in [0.717, 1.165) is 0 Å². The molecule has 0 amide bonds. The van der Waals surface area contributed by atoms with E-state index in [4.69, 9.17) is 5.11 Å². The third kappa shape index (κ3) is 2.46. The van der Waals surface area contributed by atoms with Crippen molar-refractivity contribution in [1.29, 1.82) is 0 Å². The van der Waals surface area contributed by atoms with Gasteiger partial charge in [-0.15, -0.1) is 0 Å². The van der Waals surface area contributed by atoms with E-state index in [0.29, 0.717) is 18.2 Å². The summed E-state index contributed by atoms with van der Waals surface area (Å²) >= 11 is 0. The largest absolute Gasteiger partial charge is 0.504 e.